The van der Waals surface area contributed by atoms with Crippen LogP contribution in [0.25, 0.3) is 11.0 Å². The molecule has 0 spiro atoms. The highest BCUT2D eigenvalue weighted by molar-refractivity contribution is 5.89. The first-order valence-electron chi connectivity index (χ1n) is 13.4. The van der Waals surface area contributed by atoms with E-state index in [1.54, 1.807) is 16.8 Å². The van der Waals surface area contributed by atoms with Crippen molar-refractivity contribution in [1.82, 2.24) is 24.8 Å². The SMILES string of the molecule is CC(C)N(CCCNC(=O)Nc1ccc(C(C)(C)C)cc1)CC1O[C@@H](n2ccc3c(N)ncnc32)C(O)[C@@H]1O. The molecule has 2 amide bonds. The number of aliphatic hydroxyl groups is 2. The molecule has 0 bridgehead atoms. The molecule has 1 saturated heterocycles. The van der Waals surface area contributed by atoms with Crippen LogP contribution in [0.15, 0.2) is 42.9 Å². The highest BCUT2D eigenvalue weighted by Gasteiger charge is 2.44. The average Bonchev–Trinajstić information content (AvgIpc) is 3.42. The molecule has 3 heterocycles. The lowest BCUT2D eigenvalue weighted by Gasteiger charge is -2.30. The number of urea groups is 1. The molecule has 2 aromatic heterocycles. The van der Waals surface area contributed by atoms with E-state index in [4.69, 9.17) is 10.5 Å². The van der Waals surface area contributed by atoms with E-state index in [0.717, 1.165) is 5.69 Å². The molecule has 4 rings (SSSR count). The number of nitrogens with zero attached hydrogens (tertiary/aromatic N) is 4. The fourth-order valence-corrected chi connectivity index (χ4v) is 4.81. The Balaban J connectivity index is 1.27. The smallest absolute Gasteiger partial charge is 0.319 e. The fraction of sp³-hybridized carbons (Fsp3) is 0.536. The van der Waals surface area contributed by atoms with Gasteiger partial charge in [-0.15, -0.1) is 0 Å². The number of rotatable bonds is 9. The average molecular weight is 540 g/mol. The number of carbonyl (C=O) groups is 1. The predicted molar refractivity (Wildman–Crippen MR) is 151 cm³/mol. The second-order valence-corrected chi connectivity index (χ2v) is 11.4. The molecule has 39 heavy (non-hydrogen) atoms. The van der Waals surface area contributed by atoms with Crippen LogP contribution >= 0.6 is 0 Å². The van der Waals surface area contributed by atoms with E-state index in [1.165, 1.54) is 11.9 Å². The quantitative estimate of drug-likeness (QED) is 0.261. The van der Waals surface area contributed by atoms with Crippen molar-refractivity contribution in [3.8, 4) is 0 Å². The molecule has 4 atom stereocenters. The first kappa shape index (κ1) is 28.8. The maximum atomic E-state index is 12.4. The van der Waals surface area contributed by atoms with Gasteiger partial charge in [0.1, 0.15) is 36.1 Å². The second-order valence-electron chi connectivity index (χ2n) is 11.4. The van der Waals surface area contributed by atoms with Crippen LogP contribution in [0.1, 0.15) is 52.8 Å². The first-order chi connectivity index (χ1) is 18.5. The second kappa shape index (κ2) is 11.9. The van der Waals surface area contributed by atoms with Gasteiger partial charge in [0.2, 0.25) is 0 Å². The number of hydrogen-bond donors (Lipinski definition) is 5. The lowest BCUT2D eigenvalue weighted by molar-refractivity contribution is -0.0465. The van der Waals surface area contributed by atoms with Gasteiger partial charge in [0.15, 0.2) is 6.23 Å². The summed E-state index contributed by atoms with van der Waals surface area (Å²) in [6, 6.07) is 9.57. The summed E-state index contributed by atoms with van der Waals surface area (Å²) in [5.41, 5.74) is 8.48. The van der Waals surface area contributed by atoms with Crippen molar-refractivity contribution in [1.29, 1.82) is 0 Å². The number of hydrogen-bond acceptors (Lipinski definition) is 8. The minimum Gasteiger partial charge on any atom is -0.387 e. The predicted octanol–water partition coefficient (Wildman–Crippen LogP) is 2.85. The molecule has 0 saturated carbocycles. The molecular formula is C28H41N7O4. The van der Waals surface area contributed by atoms with E-state index < -0.39 is 24.5 Å². The van der Waals surface area contributed by atoms with Gasteiger partial charge in [0.25, 0.3) is 0 Å². The van der Waals surface area contributed by atoms with E-state index in [9.17, 15) is 15.0 Å². The molecule has 1 aromatic carbocycles. The van der Waals surface area contributed by atoms with Crippen LogP contribution in [0, 0.1) is 0 Å². The van der Waals surface area contributed by atoms with E-state index in [1.807, 2.05) is 24.3 Å². The van der Waals surface area contributed by atoms with Gasteiger partial charge in [0.05, 0.1) is 5.39 Å². The Morgan fingerprint density at radius 2 is 1.87 bits per heavy atom. The fourth-order valence-electron chi connectivity index (χ4n) is 4.81. The third kappa shape index (κ3) is 6.67. The number of fused-ring (bicyclic) bond motifs is 1. The standard InChI is InChI=1S/C28H41N7O4/c1-17(2)34(13-6-12-30-27(38)33-19-9-7-18(8-10-19)28(3,4)5)15-21-22(36)23(37)26(39-21)35-14-11-20-24(29)31-16-32-25(20)35/h7-11,14,16-17,21-23,26,36-37H,6,12-13,15H2,1-5H3,(H2,29,31,32)(H2,30,33,38)/t21?,22-,23?,26-/m1/s1. The first-order valence-corrected chi connectivity index (χ1v) is 13.4. The molecule has 1 aliphatic heterocycles. The van der Waals surface area contributed by atoms with Gasteiger partial charge in [0, 0.05) is 37.6 Å². The van der Waals surface area contributed by atoms with Crippen molar-refractivity contribution in [2.75, 3.05) is 30.7 Å². The van der Waals surface area contributed by atoms with E-state index >= 15 is 0 Å². The Morgan fingerprint density at radius 1 is 1.15 bits per heavy atom. The third-order valence-corrected chi connectivity index (χ3v) is 7.21. The topological polar surface area (TPSA) is 151 Å². The van der Waals surface area contributed by atoms with E-state index in [2.05, 4.69) is 60.1 Å². The maximum absolute atomic E-state index is 12.4. The van der Waals surface area contributed by atoms with Crippen molar-refractivity contribution in [3.63, 3.8) is 0 Å². The van der Waals surface area contributed by atoms with Crippen molar-refractivity contribution < 1.29 is 19.7 Å². The molecule has 0 aliphatic carbocycles. The zero-order valence-corrected chi connectivity index (χ0v) is 23.3. The minimum atomic E-state index is -1.13. The van der Waals surface area contributed by atoms with Gasteiger partial charge < -0.3 is 35.9 Å². The number of nitrogen functional groups attached to an aromatic ring is 1. The zero-order chi connectivity index (χ0) is 28.3. The highest BCUT2D eigenvalue weighted by atomic mass is 16.6. The van der Waals surface area contributed by atoms with Crippen molar-refractivity contribution in [2.24, 2.45) is 0 Å². The molecule has 11 heteroatoms. The number of anilines is 2. The van der Waals surface area contributed by atoms with Gasteiger partial charge in [-0.3, -0.25) is 4.90 Å². The Kier molecular flexibility index (Phi) is 8.75. The summed E-state index contributed by atoms with van der Waals surface area (Å²) in [6.45, 7) is 12.2. The van der Waals surface area contributed by atoms with Crippen LogP contribution in [-0.2, 0) is 10.2 Å². The number of aromatic nitrogens is 3. The van der Waals surface area contributed by atoms with Crippen LogP contribution in [0.5, 0.6) is 0 Å². The van der Waals surface area contributed by atoms with Crippen molar-refractivity contribution in [2.45, 2.75) is 77.0 Å². The van der Waals surface area contributed by atoms with Crippen molar-refractivity contribution in [3.05, 3.63) is 48.4 Å². The molecule has 6 N–H and O–H groups in total. The lowest BCUT2D eigenvalue weighted by Crippen LogP contribution is -2.44. The molecule has 212 valence electrons. The van der Waals surface area contributed by atoms with Crippen molar-refractivity contribution >= 4 is 28.6 Å². The molecular weight excluding hydrogens is 498 g/mol. The third-order valence-electron chi connectivity index (χ3n) is 7.21. The molecule has 11 nitrogen and oxygen atoms in total. The number of amides is 2. The van der Waals surface area contributed by atoms with Gasteiger partial charge in [-0.05, 0) is 49.4 Å². The van der Waals surface area contributed by atoms with E-state index in [0.29, 0.717) is 42.9 Å². The summed E-state index contributed by atoms with van der Waals surface area (Å²) in [5, 5.41) is 28.0. The van der Waals surface area contributed by atoms with Crippen LogP contribution in [0.3, 0.4) is 0 Å². The highest BCUT2D eigenvalue weighted by Crippen LogP contribution is 2.33. The number of ether oxygens (including phenoxy) is 1. The van der Waals surface area contributed by atoms with Crippen LogP contribution in [-0.4, -0.2) is 79.7 Å². The van der Waals surface area contributed by atoms with Gasteiger partial charge >= 0.3 is 6.03 Å². The molecule has 1 fully saturated rings. The van der Waals surface area contributed by atoms with Gasteiger partial charge in [-0.1, -0.05) is 32.9 Å². The Labute approximate surface area is 229 Å². The summed E-state index contributed by atoms with van der Waals surface area (Å²) in [4.78, 5) is 22.8. The maximum Gasteiger partial charge on any atom is 0.319 e. The number of nitrogens with two attached hydrogens (primary N) is 1. The monoisotopic (exact) mass is 539 g/mol. The molecule has 3 aromatic rings. The number of carbonyl (C=O) groups excluding carboxylic acids is 1. The Hall–Kier alpha value is -3.25. The minimum absolute atomic E-state index is 0.0573. The summed E-state index contributed by atoms with van der Waals surface area (Å²) in [6.07, 6.45) is 0.210. The number of nitrogens with one attached hydrogen (secondary N) is 2. The molecule has 0 radical (unpaired) electrons. The molecule has 1 aliphatic rings. The Morgan fingerprint density at radius 3 is 2.54 bits per heavy atom. The summed E-state index contributed by atoms with van der Waals surface area (Å²) >= 11 is 0. The summed E-state index contributed by atoms with van der Waals surface area (Å²) < 4.78 is 7.82. The van der Waals surface area contributed by atoms with Crippen LogP contribution in [0.2, 0.25) is 0 Å². The van der Waals surface area contributed by atoms with E-state index in [-0.39, 0.29) is 17.5 Å². The van der Waals surface area contributed by atoms with Crippen LogP contribution < -0.4 is 16.4 Å². The largest absolute Gasteiger partial charge is 0.387 e. The zero-order valence-electron chi connectivity index (χ0n) is 23.3. The summed E-state index contributed by atoms with van der Waals surface area (Å²) in [7, 11) is 0. The molecule has 2 unspecified atom stereocenters. The van der Waals surface area contributed by atoms with Gasteiger partial charge in [-0.2, -0.15) is 0 Å². The lowest BCUT2D eigenvalue weighted by atomic mass is 9.87. The van der Waals surface area contributed by atoms with Crippen LogP contribution in [0.4, 0.5) is 16.3 Å². The summed E-state index contributed by atoms with van der Waals surface area (Å²) in [5.74, 6) is 0.343. The number of benzene rings is 1. The van der Waals surface area contributed by atoms with Gasteiger partial charge in [-0.25, -0.2) is 14.8 Å². The Bertz CT molecular complexity index is 1260. The normalized spacial score (nSPS) is 21.7. The number of aliphatic hydroxyl groups excluding tert-OH is 2.